The molecule has 0 fully saturated rings. The van der Waals surface area contributed by atoms with E-state index in [1.54, 1.807) is 23.1 Å². The van der Waals surface area contributed by atoms with E-state index in [1.165, 1.54) is 5.56 Å². The van der Waals surface area contributed by atoms with E-state index in [0.717, 1.165) is 23.5 Å². The third kappa shape index (κ3) is 4.52. The summed E-state index contributed by atoms with van der Waals surface area (Å²) in [6, 6.07) is 7.19. The van der Waals surface area contributed by atoms with Gasteiger partial charge in [0.15, 0.2) is 0 Å². The number of pyridine rings is 1. The molecule has 8 nitrogen and oxygen atoms in total. The number of nitrogens with zero attached hydrogens (tertiary/aromatic N) is 5. The van der Waals surface area contributed by atoms with Gasteiger partial charge in [-0.3, -0.25) is 15.0 Å². The van der Waals surface area contributed by atoms with Gasteiger partial charge in [0, 0.05) is 31.0 Å². The maximum absolute atomic E-state index is 12.4. The van der Waals surface area contributed by atoms with Gasteiger partial charge in [-0.1, -0.05) is 6.07 Å². The van der Waals surface area contributed by atoms with Crippen molar-refractivity contribution in [2.24, 2.45) is 7.05 Å². The average molecular weight is 367 g/mol. The van der Waals surface area contributed by atoms with Gasteiger partial charge in [0.2, 0.25) is 0 Å². The van der Waals surface area contributed by atoms with Crippen LogP contribution in [0.5, 0.6) is 0 Å². The second-order valence-electron chi connectivity index (χ2n) is 6.67. The molecule has 1 unspecified atom stereocenters. The average Bonchev–Trinajstić information content (AvgIpc) is 3.15. The zero-order valence-electron chi connectivity index (χ0n) is 16.1. The Morgan fingerprint density at radius 3 is 2.70 bits per heavy atom. The van der Waals surface area contributed by atoms with Crippen LogP contribution in [0.25, 0.3) is 0 Å². The molecule has 0 saturated heterocycles. The van der Waals surface area contributed by atoms with E-state index in [9.17, 15) is 4.79 Å². The third-order valence-corrected chi connectivity index (χ3v) is 4.54. The van der Waals surface area contributed by atoms with Crippen molar-refractivity contribution < 1.29 is 4.79 Å². The summed E-state index contributed by atoms with van der Waals surface area (Å²) in [6.07, 6.45) is 4.12. The molecular formula is C19H25N7O. The first kappa shape index (κ1) is 18.6. The highest BCUT2D eigenvalue weighted by Crippen LogP contribution is 2.14. The molecule has 0 aliphatic heterocycles. The van der Waals surface area contributed by atoms with Crippen LogP contribution in [-0.2, 0) is 20.0 Å². The second kappa shape index (κ2) is 8.03. The molecule has 2 amide bonds. The molecule has 0 aliphatic rings. The van der Waals surface area contributed by atoms with Gasteiger partial charge in [-0.05, 0) is 44.9 Å². The predicted molar refractivity (Wildman–Crippen MR) is 104 cm³/mol. The number of urea groups is 1. The number of hydrogen-bond acceptors (Lipinski definition) is 4. The fourth-order valence-electron chi connectivity index (χ4n) is 3.06. The van der Waals surface area contributed by atoms with Crippen molar-refractivity contribution in [1.29, 1.82) is 0 Å². The molecule has 2 N–H and O–H groups in total. The first-order valence-corrected chi connectivity index (χ1v) is 8.92. The van der Waals surface area contributed by atoms with E-state index >= 15 is 0 Å². The van der Waals surface area contributed by atoms with Crippen LogP contribution in [0.2, 0.25) is 0 Å². The molecule has 0 aromatic carbocycles. The summed E-state index contributed by atoms with van der Waals surface area (Å²) in [4.78, 5) is 16.7. The van der Waals surface area contributed by atoms with E-state index in [0.29, 0.717) is 12.4 Å². The highest BCUT2D eigenvalue weighted by molar-refractivity contribution is 5.88. The Bertz CT molecular complexity index is 914. The number of carbonyl (C=O) groups is 1. The van der Waals surface area contributed by atoms with Gasteiger partial charge >= 0.3 is 6.03 Å². The van der Waals surface area contributed by atoms with Crippen molar-refractivity contribution in [3.63, 3.8) is 0 Å². The van der Waals surface area contributed by atoms with Crippen molar-refractivity contribution >= 4 is 11.8 Å². The molecule has 3 aromatic heterocycles. The molecule has 0 radical (unpaired) electrons. The fraction of sp³-hybridized carbons (Fsp3) is 0.368. The van der Waals surface area contributed by atoms with E-state index in [1.807, 2.05) is 50.7 Å². The Morgan fingerprint density at radius 1 is 1.22 bits per heavy atom. The summed E-state index contributed by atoms with van der Waals surface area (Å²) in [5.41, 5.74) is 4.17. The van der Waals surface area contributed by atoms with Gasteiger partial charge in [-0.25, -0.2) is 9.48 Å². The van der Waals surface area contributed by atoms with E-state index in [4.69, 9.17) is 0 Å². The summed E-state index contributed by atoms with van der Waals surface area (Å²) in [5, 5.41) is 14.5. The van der Waals surface area contributed by atoms with E-state index in [2.05, 4.69) is 25.8 Å². The minimum atomic E-state index is -0.260. The minimum Gasteiger partial charge on any atom is -0.335 e. The number of amides is 2. The van der Waals surface area contributed by atoms with Crippen LogP contribution in [0, 0.1) is 13.8 Å². The molecule has 142 valence electrons. The van der Waals surface area contributed by atoms with Gasteiger partial charge in [-0.2, -0.15) is 10.2 Å². The van der Waals surface area contributed by atoms with Crippen LogP contribution < -0.4 is 10.6 Å². The number of aromatic nitrogens is 5. The number of nitrogens with one attached hydrogen (secondary N) is 2. The zero-order chi connectivity index (χ0) is 19.4. The summed E-state index contributed by atoms with van der Waals surface area (Å²) in [7, 11) is 1.93. The summed E-state index contributed by atoms with van der Waals surface area (Å²) < 4.78 is 3.58. The van der Waals surface area contributed by atoms with Crippen LogP contribution in [0.4, 0.5) is 10.6 Å². The molecule has 0 bridgehead atoms. The van der Waals surface area contributed by atoms with Crippen LogP contribution in [0.1, 0.15) is 29.6 Å². The highest BCUT2D eigenvalue weighted by Gasteiger charge is 2.15. The van der Waals surface area contributed by atoms with Crippen LogP contribution >= 0.6 is 0 Å². The number of rotatable bonds is 6. The lowest BCUT2D eigenvalue weighted by Gasteiger charge is -2.15. The number of hydrogen-bond donors (Lipinski definition) is 2. The fourth-order valence-corrected chi connectivity index (χ4v) is 3.06. The maximum atomic E-state index is 12.4. The topological polar surface area (TPSA) is 89.7 Å². The normalized spacial score (nSPS) is 12.0. The van der Waals surface area contributed by atoms with Crippen molar-refractivity contribution in [3.05, 3.63) is 59.3 Å². The summed E-state index contributed by atoms with van der Waals surface area (Å²) >= 11 is 0. The van der Waals surface area contributed by atoms with Crippen molar-refractivity contribution in [2.45, 2.75) is 39.8 Å². The van der Waals surface area contributed by atoms with Crippen LogP contribution in [-0.4, -0.2) is 36.6 Å². The van der Waals surface area contributed by atoms with Crippen LogP contribution in [0.15, 0.2) is 36.7 Å². The molecule has 3 aromatic rings. The van der Waals surface area contributed by atoms with Crippen molar-refractivity contribution in [1.82, 2.24) is 29.9 Å². The standard InChI is InChI=1S/C19H25N7O/c1-13(11-17-14(2)24-25(4)15(17)3)22-19(27)23-18-8-10-21-26(18)12-16-7-5-6-9-20-16/h5-10,13H,11-12H2,1-4H3,(H2,22,23,27). The Balaban J connectivity index is 1.59. The molecule has 0 aliphatic carbocycles. The Labute approximate surface area is 158 Å². The monoisotopic (exact) mass is 367 g/mol. The molecule has 27 heavy (non-hydrogen) atoms. The Hall–Kier alpha value is -3.16. The lowest BCUT2D eigenvalue weighted by Crippen LogP contribution is -2.38. The van der Waals surface area contributed by atoms with E-state index < -0.39 is 0 Å². The lowest BCUT2D eigenvalue weighted by molar-refractivity contribution is 0.249. The molecule has 0 saturated carbocycles. The number of anilines is 1. The summed E-state index contributed by atoms with van der Waals surface area (Å²) in [6.45, 7) is 6.51. The lowest BCUT2D eigenvalue weighted by atomic mass is 10.1. The molecular weight excluding hydrogens is 342 g/mol. The van der Waals surface area contributed by atoms with Crippen molar-refractivity contribution in [3.8, 4) is 0 Å². The van der Waals surface area contributed by atoms with Crippen LogP contribution in [0.3, 0.4) is 0 Å². The zero-order valence-corrected chi connectivity index (χ0v) is 16.1. The molecule has 1 atom stereocenters. The maximum Gasteiger partial charge on any atom is 0.320 e. The minimum absolute atomic E-state index is 0.0289. The Kier molecular flexibility index (Phi) is 5.54. The summed E-state index contributed by atoms with van der Waals surface area (Å²) in [5.74, 6) is 0.624. The predicted octanol–water partition coefficient (Wildman–Crippen LogP) is 2.43. The van der Waals surface area contributed by atoms with E-state index in [-0.39, 0.29) is 12.1 Å². The van der Waals surface area contributed by atoms with Gasteiger partial charge in [0.1, 0.15) is 5.82 Å². The smallest absolute Gasteiger partial charge is 0.320 e. The Morgan fingerprint density at radius 2 is 2.04 bits per heavy atom. The van der Waals surface area contributed by atoms with Gasteiger partial charge < -0.3 is 5.32 Å². The molecule has 8 heteroatoms. The first-order chi connectivity index (χ1) is 12.9. The molecule has 3 rings (SSSR count). The van der Waals surface area contributed by atoms with Gasteiger partial charge in [0.05, 0.1) is 24.1 Å². The first-order valence-electron chi connectivity index (χ1n) is 8.92. The SMILES string of the molecule is Cc1nn(C)c(C)c1CC(C)NC(=O)Nc1ccnn1Cc1ccccn1. The third-order valence-electron chi connectivity index (χ3n) is 4.54. The molecule has 3 heterocycles. The number of carbonyl (C=O) groups excluding carboxylic acids is 1. The molecule has 0 spiro atoms. The van der Waals surface area contributed by atoms with Gasteiger partial charge in [-0.15, -0.1) is 0 Å². The number of aryl methyl sites for hydroxylation is 2. The van der Waals surface area contributed by atoms with Crippen molar-refractivity contribution in [2.75, 3.05) is 5.32 Å². The quantitative estimate of drug-likeness (QED) is 0.700. The largest absolute Gasteiger partial charge is 0.335 e. The highest BCUT2D eigenvalue weighted by atomic mass is 16.2. The second-order valence-corrected chi connectivity index (χ2v) is 6.67. The van der Waals surface area contributed by atoms with Gasteiger partial charge in [0.25, 0.3) is 0 Å².